The summed E-state index contributed by atoms with van der Waals surface area (Å²) in [5, 5.41) is 19.5. The second kappa shape index (κ2) is 9.91. The molecule has 0 aliphatic carbocycles. The van der Waals surface area contributed by atoms with Crippen LogP contribution in [0.4, 0.5) is 0 Å². The van der Waals surface area contributed by atoms with Crippen molar-refractivity contribution in [2.75, 3.05) is 0 Å². The number of carbonyl (C=O) groups is 2. The van der Waals surface area contributed by atoms with Crippen molar-refractivity contribution in [2.45, 2.75) is 18.3 Å². The third kappa shape index (κ3) is 6.31. The number of thioether (sulfide) groups is 1. The number of halogens is 2. The van der Waals surface area contributed by atoms with Crippen molar-refractivity contribution in [1.82, 2.24) is 5.32 Å². The maximum atomic E-state index is 11.7. The summed E-state index contributed by atoms with van der Waals surface area (Å²) in [5.74, 6) is -0.832. The average Bonchev–Trinajstić information content (AvgIpc) is 3.00. The first kappa shape index (κ1) is 21.4. The van der Waals surface area contributed by atoms with Crippen molar-refractivity contribution >= 4 is 62.6 Å². The van der Waals surface area contributed by atoms with Gasteiger partial charge in [-0.15, -0.1) is 5.10 Å². The van der Waals surface area contributed by atoms with Gasteiger partial charge in [-0.25, -0.2) is 0 Å². The molecule has 0 bridgehead atoms. The molecule has 1 unspecified atom stereocenters. The predicted octanol–water partition coefficient (Wildman–Crippen LogP) is 4.08. The van der Waals surface area contributed by atoms with Gasteiger partial charge in [0.2, 0.25) is 5.91 Å². The van der Waals surface area contributed by atoms with Crippen LogP contribution < -0.4 is 10.1 Å². The van der Waals surface area contributed by atoms with Crippen LogP contribution in [0.2, 0.25) is 5.02 Å². The van der Waals surface area contributed by atoms with Gasteiger partial charge in [0.05, 0.1) is 12.6 Å². The van der Waals surface area contributed by atoms with E-state index in [1.165, 1.54) is 6.21 Å². The lowest BCUT2D eigenvalue weighted by Gasteiger charge is -2.09. The number of nitrogens with one attached hydrogen (secondary N) is 1. The van der Waals surface area contributed by atoms with Gasteiger partial charge in [0, 0.05) is 15.1 Å². The number of ether oxygens (including phenoxy) is 1. The molecule has 0 aromatic heterocycles. The van der Waals surface area contributed by atoms with Crippen LogP contribution in [0, 0.1) is 0 Å². The largest absolute Gasteiger partial charge is 0.488 e. The Hall–Kier alpha value is -2.36. The van der Waals surface area contributed by atoms with Crippen molar-refractivity contribution in [1.29, 1.82) is 0 Å². The van der Waals surface area contributed by atoms with Crippen LogP contribution in [0.3, 0.4) is 0 Å². The second-order valence-corrected chi connectivity index (χ2v) is 8.49. The molecule has 1 aliphatic rings. The Morgan fingerprint density at radius 1 is 1.34 bits per heavy atom. The van der Waals surface area contributed by atoms with E-state index in [0.29, 0.717) is 22.9 Å². The molecule has 1 aliphatic heterocycles. The lowest BCUT2D eigenvalue weighted by atomic mass is 10.2. The van der Waals surface area contributed by atoms with Crippen LogP contribution in [-0.4, -0.2) is 33.6 Å². The van der Waals surface area contributed by atoms with Gasteiger partial charge in [0.15, 0.2) is 5.17 Å². The third-order valence-corrected chi connectivity index (χ3v) is 5.54. The van der Waals surface area contributed by atoms with Gasteiger partial charge in [-0.1, -0.05) is 51.4 Å². The van der Waals surface area contributed by atoms with Crippen LogP contribution >= 0.6 is 39.3 Å². The molecule has 1 amide bonds. The zero-order chi connectivity index (χ0) is 20.8. The molecule has 3 rings (SSSR count). The summed E-state index contributed by atoms with van der Waals surface area (Å²) in [4.78, 5) is 22.5. The number of amides is 1. The molecule has 10 heteroatoms. The van der Waals surface area contributed by atoms with Crippen LogP contribution in [0.15, 0.2) is 57.1 Å². The Kier molecular flexibility index (Phi) is 7.29. The molecule has 2 aromatic rings. The van der Waals surface area contributed by atoms with Gasteiger partial charge in [0.25, 0.3) is 0 Å². The molecule has 0 saturated carbocycles. The lowest BCUT2D eigenvalue weighted by Crippen LogP contribution is -2.26. The number of rotatable bonds is 7. The SMILES string of the molecule is O=C(O)CC1SC(=NN=Cc2cc(Br)ccc2OCc2cccc(Cl)c2)NC1=O. The number of carbonyl (C=O) groups excluding carboxylic acids is 1. The Labute approximate surface area is 184 Å². The fourth-order valence-electron chi connectivity index (χ4n) is 2.43. The molecular formula is C19H15BrClN3O4S. The first-order valence-electron chi connectivity index (χ1n) is 8.38. The second-order valence-electron chi connectivity index (χ2n) is 5.94. The number of hydrogen-bond acceptors (Lipinski definition) is 6. The fraction of sp³-hybridized carbons (Fsp3) is 0.158. The molecule has 1 fully saturated rings. The highest BCUT2D eigenvalue weighted by Gasteiger charge is 2.32. The number of aliphatic carboxylic acids is 1. The fourth-order valence-corrected chi connectivity index (χ4v) is 3.93. The Balaban J connectivity index is 1.69. The van der Waals surface area contributed by atoms with Crippen molar-refractivity contribution in [3.05, 3.63) is 63.1 Å². The van der Waals surface area contributed by atoms with E-state index in [0.717, 1.165) is 21.8 Å². The van der Waals surface area contributed by atoms with Gasteiger partial charge < -0.3 is 15.2 Å². The maximum Gasteiger partial charge on any atom is 0.305 e. The van der Waals surface area contributed by atoms with E-state index in [1.807, 2.05) is 30.3 Å². The predicted molar refractivity (Wildman–Crippen MR) is 117 cm³/mol. The highest BCUT2D eigenvalue weighted by molar-refractivity contribution is 9.10. The number of amidine groups is 1. The third-order valence-electron chi connectivity index (χ3n) is 3.74. The summed E-state index contributed by atoms with van der Waals surface area (Å²) in [6, 6.07) is 12.9. The highest BCUT2D eigenvalue weighted by atomic mass is 79.9. The van der Waals surface area contributed by atoms with E-state index < -0.39 is 11.2 Å². The van der Waals surface area contributed by atoms with Gasteiger partial charge in [-0.2, -0.15) is 5.10 Å². The first-order valence-corrected chi connectivity index (χ1v) is 10.4. The van der Waals surface area contributed by atoms with Crippen molar-refractivity contribution < 1.29 is 19.4 Å². The lowest BCUT2D eigenvalue weighted by molar-refractivity contribution is -0.138. The van der Waals surface area contributed by atoms with Crippen LogP contribution in [-0.2, 0) is 16.2 Å². The number of hydrogen-bond donors (Lipinski definition) is 2. The quantitative estimate of drug-likeness (QED) is 0.444. The minimum Gasteiger partial charge on any atom is -0.488 e. The van der Waals surface area contributed by atoms with E-state index in [1.54, 1.807) is 12.1 Å². The summed E-state index contributed by atoms with van der Waals surface area (Å²) in [7, 11) is 0. The van der Waals surface area contributed by atoms with Gasteiger partial charge in [-0.3, -0.25) is 9.59 Å². The normalized spacial score (nSPS) is 17.7. The molecule has 150 valence electrons. The van der Waals surface area contributed by atoms with E-state index in [-0.39, 0.29) is 17.5 Å². The van der Waals surface area contributed by atoms with E-state index >= 15 is 0 Å². The number of carboxylic acids is 1. The summed E-state index contributed by atoms with van der Waals surface area (Å²) in [5.41, 5.74) is 1.61. The van der Waals surface area contributed by atoms with Crippen LogP contribution in [0.1, 0.15) is 17.5 Å². The molecule has 0 radical (unpaired) electrons. The van der Waals surface area contributed by atoms with Crippen molar-refractivity contribution in [3.63, 3.8) is 0 Å². The Bertz CT molecular complexity index is 999. The van der Waals surface area contributed by atoms with Crippen LogP contribution in [0.5, 0.6) is 5.75 Å². The molecule has 1 heterocycles. The van der Waals surface area contributed by atoms with E-state index in [4.69, 9.17) is 21.4 Å². The first-order chi connectivity index (χ1) is 13.9. The number of carboxylic acid groups (broad SMARTS) is 1. The van der Waals surface area contributed by atoms with Gasteiger partial charge >= 0.3 is 5.97 Å². The summed E-state index contributed by atoms with van der Waals surface area (Å²) < 4.78 is 6.71. The molecule has 7 nitrogen and oxygen atoms in total. The van der Waals surface area contributed by atoms with Gasteiger partial charge in [0.1, 0.15) is 17.6 Å². The zero-order valence-corrected chi connectivity index (χ0v) is 18.0. The molecule has 1 atom stereocenters. The smallest absolute Gasteiger partial charge is 0.305 e. The zero-order valence-electron chi connectivity index (χ0n) is 14.8. The standard InChI is InChI=1S/C19H15BrClN3O4S/c20-13-4-5-15(28-10-11-2-1-3-14(21)6-11)12(7-13)9-22-24-19-23-18(27)16(29-19)8-17(25)26/h1-7,9,16H,8,10H2,(H,25,26)(H,23,24,27). The Morgan fingerprint density at radius 3 is 2.93 bits per heavy atom. The van der Waals surface area contributed by atoms with E-state index in [9.17, 15) is 9.59 Å². The van der Waals surface area contributed by atoms with Gasteiger partial charge in [-0.05, 0) is 35.9 Å². The summed E-state index contributed by atoms with van der Waals surface area (Å²) in [6.07, 6.45) is 1.23. The molecule has 2 N–H and O–H groups in total. The molecule has 1 saturated heterocycles. The Morgan fingerprint density at radius 2 is 2.17 bits per heavy atom. The summed E-state index contributed by atoms with van der Waals surface area (Å²) in [6.45, 7) is 0.334. The van der Waals surface area contributed by atoms with Crippen LogP contribution in [0.25, 0.3) is 0 Å². The molecule has 29 heavy (non-hydrogen) atoms. The monoisotopic (exact) mass is 495 g/mol. The molecular weight excluding hydrogens is 482 g/mol. The van der Waals surface area contributed by atoms with Crippen molar-refractivity contribution in [3.8, 4) is 5.75 Å². The maximum absolute atomic E-state index is 11.7. The summed E-state index contributed by atoms with van der Waals surface area (Å²) >= 11 is 10.4. The minimum atomic E-state index is -1.04. The topological polar surface area (TPSA) is 100 Å². The molecule has 2 aromatic carbocycles. The molecule has 0 spiro atoms. The van der Waals surface area contributed by atoms with Crippen molar-refractivity contribution in [2.24, 2.45) is 10.2 Å². The average molecular weight is 497 g/mol. The number of nitrogens with zero attached hydrogens (tertiary/aromatic N) is 2. The van der Waals surface area contributed by atoms with E-state index in [2.05, 4.69) is 31.4 Å². The minimum absolute atomic E-state index is 0.258. The number of benzene rings is 2. The highest BCUT2D eigenvalue weighted by Crippen LogP contribution is 2.24.